The second-order valence-corrected chi connectivity index (χ2v) is 6.69. The molecule has 0 saturated heterocycles. The highest BCUT2D eigenvalue weighted by molar-refractivity contribution is 5.96. The molecule has 5 nitrogen and oxygen atoms in total. The first-order chi connectivity index (χ1) is 13.0. The fourth-order valence-corrected chi connectivity index (χ4v) is 3.15. The molecule has 1 aromatic carbocycles. The number of nitrogens with zero attached hydrogens (tertiary/aromatic N) is 2. The minimum atomic E-state index is -1.06. The van der Waals surface area contributed by atoms with Gasteiger partial charge in [0.1, 0.15) is 17.8 Å². The van der Waals surface area contributed by atoms with Crippen LogP contribution in [0.5, 0.6) is 0 Å². The minimum absolute atomic E-state index is 0.261. The topological polar surface area (TPSA) is 75.1 Å². The van der Waals surface area contributed by atoms with Crippen molar-refractivity contribution in [2.45, 2.75) is 26.1 Å². The average Bonchev–Trinajstić information content (AvgIpc) is 3.40. The Bertz CT molecular complexity index is 1050. The Morgan fingerprint density at radius 2 is 2.04 bits per heavy atom. The molecule has 1 aliphatic rings. The number of hydrogen-bond donors (Lipinski definition) is 2. The number of pyridine rings is 2. The quantitative estimate of drug-likeness (QED) is 0.738. The van der Waals surface area contributed by atoms with Gasteiger partial charge in [-0.2, -0.15) is 0 Å². The molecule has 4 rings (SSSR count). The van der Waals surface area contributed by atoms with Crippen molar-refractivity contribution in [1.29, 1.82) is 0 Å². The highest BCUT2D eigenvalue weighted by atomic mass is 19.1. The molecular formula is C20H17F2N3O2. The van der Waals surface area contributed by atoms with E-state index >= 15 is 0 Å². The second kappa shape index (κ2) is 6.66. The molecule has 1 saturated carbocycles. The SMILES string of the molecule is Cc1c(F)cnc(CO)c1-c1ccc2cc(NC(=O)[C@@H]3C[C@@H]3F)ncc2c1. The first-order valence-electron chi connectivity index (χ1n) is 8.58. The van der Waals surface area contributed by atoms with Crippen molar-refractivity contribution in [3.63, 3.8) is 0 Å². The third-order valence-corrected chi connectivity index (χ3v) is 4.82. The lowest BCUT2D eigenvalue weighted by molar-refractivity contribution is -0.117. The summed E-state index contributed by atoms with van der Waals surface area (Å²) in [6.07, 6.45) is 1.90. The van der Waals surface area contributed by atoms with Gasteiger partial charge in [-0.3, -0.25) is 9.78 Å². The molecule has 1 fully saturated rings. The lowest BCUT2D eigenvalue weighted by atomic mass is 9.97. The van der Waals surface area contributed by atoms with Gasteiger partial charge in [0.05, 0.1) is 24.4 Å². The number of aliphatic hydroxyl groups excluding tert-OH is 1. The molecule has 2 atom stereocenters. The Morgan fingerprint density at radius 1 is 1.26 bits per heavy atom. The summed E-state index contributed by atoms with van der Waals surface area (Å²) in [6, 6.07) is 7.16. The molecule has 3 aromatic rings. The second-order valence-electron chi connectivity index (χ2n) is 6.69. The zero-order chi connectivity index (χ0) is 19.1. The maximum atomic E-state index is 13.9. The number of halogens is 2. The van der Waals surface area contributed by atoms with Gasteiger partial charge >= 0.3 is 0 Å². The van der Waals surface area contributed by atoms with Gasteiger partial charge in [0.2, 0.25) is 5.91 Å². The molecule has 27 heavy (non-hydrogen) atoms. The first-order valence-corrected chi connectivity index (χ1v) is 8.58. The van der Waals surface area contributed by atoms with E-state index in [9.17, 15) is 18.7 Å². The fraction of sp³-hybridized carbons (Fsp3) is 0.250. The van der Waals surface area contributed by atoms with Gasteiger partial charge in [-0.05, 0) is 42.0 Å². The standard InChI is InChI=1S/C20H17F2N3O2/c1-10-16(22)8-23-17(9-26)19(10)12-3-2-11-5-18(24-7-13(11)4-12)25-20(27)14-6-15(14)21/h2-5,7-8,14-15,26H,6,9H2,1H3,(H,24,25,27)/t14-,15+/m1/s1. The number of amides is 1. The minimum Gasteiger partial charge on any atom is -0.390 e. The van der Waals surface area contributed by atoms with E-state index in [4.69, 9.17) is 0 Å². The number of nitrogens with one attached hydrogen (secondary N) is 1. The monoisotopic (exact) mass is 369 g/mol. The van der Waals surface area contributed by atoms with Crippen molar-refractivity contribution >= 4 is 22.5 Å². The van der Waals surface area contributed by atoms with Crippen LogP contribution in [0, 0.1) is 18.7 Å². The van der Waals surface area contributed by atoms with Crippen molar-refractivity contribution in [3.8, 4) is 11.1 Å². The van der Waals surface area contributed by atoms with E-state index in [1.54, 1.807) is 25.3 Å². The number of aromatic nitrogens is 2. The number of rotatable bonds is 4. The fourth-order valence-electron chi connectivity index (χ4n) is 3.15. The van der Waals surface area contributed by atoms with Gasteiger partial charge < -0.3 is 10.4 Å². The molecule has 2 heterocycles. The van der Waals surface area contributed by atoms with E-state index in [0.717, 1.165) is 17.0 Å². The smallest absolute Gasteiger partial charge is 0.231 e. The van der Waals surface area contributed by atoms with Crippen molar-refractivity contribution in [2.24, 2.45) is 5.92 Å². The Kier molecular flexibility index (Phi) is 4.31. The number of fused-ring (bicyclic) bond motifs is 1. The van der Waals surface area contributed by atoms with E-state index in [1.807, 2.05) is 12.1 Å². The summed E-state index contributed by atoms with van der Waals surface area (Å²) in [6.45, 7) is 1.34. The molecule has 0 bridgehead atoms. The summed E-state index contributed by atoms with van der Waals surface area (Å²) in [7, 11) is 0. The molecule has 0 unspecified atom stereocenters. The number of hydrogen-bond acceptors (Lipinski definition) is 4. The maximum absolute atomic E-state index is 13.9. The molecule has 7 heteroatoms. The van der Waals surface area contributed by atoms with Crippen LogP contribution in [-0.2, 0) is 11.4 Å². The summed E-state index contributed by atoms with van der Waals surface area (Å²) in [4.78, 5) is 20.0. The van der Waals surface area contributed by atoms with Gasteiger partial charge in [0.15, 0.2) is 0 Å². The van der Waals surface area contributed by atoms with Crippen LogP contribution in [0.2, 0.25) is 0 Å². The lowest BCUT2D eigenvalue weighted by Gasteiger charge is -2.12. The molecule has 0 aliphatic heterocycles. The third kappa shape index (κ3) is 3.26. The van der Waals surface area contributed by atoms with Gasteiger partial charge in [0, 0.05) is 17.1 Å². The van der Waals surface area contributed by atoms with Crippen LogP contribution >= 0.6 is 0 Å². The zero-order valence-corrected chi connectivity index (χ0v) is 14.5. The van der Waals surface area contributed by atoms with Gasteiger partial charge in [-0.1, -0.05) is 12.1 Å². The lowest BCUT2D eigenvalue weighted by Crippen LogP contribution is -2.15. The van der Waals surface area contributed by atoms with E-state index in [-0.39, 0.29) is 18.9 Å². The van der Waals surface area contributed by atoms with E-state index in [1.165, 1.54) is 0 Å². The van der Waals surface area contributed by atoms with Gasteiger partial charge in [-0.15, -0.1) is 0 Å². The van der Waals surface area contributed by atoms with E-state index in [0.29, 0.717) is 28.2 Å². The van der Waals surface area contributed by atoms with E-state index in [2.05, 4.69) is 15.3 Å². The van der Waals surface area contributed by atoms with Crippen LogP contribution in [-0.4, -0.2) is 27.2 Å². The number of anilines is 1. The normalized spacial score (nSPS) is 18.5. The van der Waals surface area contributed by atoms with Crippen LogP contribution in [0.15, 0.2) is 36.7 Å². The summed E-state index contributed by atoms with van der Waals surface area (Å²) in [5.74, 6) is -1.02. The highest BCUT2D eigenvalue weighted by Crippen LogP contribution is 2.35. The van der Waals surface area contributed by atoms with Crippen molar-refractivity contribution in [1.82, 2.24) is 9.97 Å². The molecule has 2 N–H and O–H groups in total. The predicted octanol–water partition coefficient (Wildman–Crippen LogP) is 3.53. The van der Waals surface area contributed by atoms with Crippen LogP contribution in [0.3, 0.4) is 0 Å². The number of carbonyl (C=O) groups is 1. The van der Waals surface area contributed by atoms with Crippen LogP contribution in [0.4, 0.5) is 14.6 Å². The highest BCUT2D eigenvalue weighted by Gasteiger charge is 2.43. The number of aliphatic hydroxyl groups is 1. The number of alkyl halides is 1. The third-order valence-electron chi connectivity index (χ3n) is 4.82. The van der Waals surface area contributed by atoms with Gasteiger partial charge in [0.25, 0.3) is 0 Å². The predicted molar refractivity (Wildman–Crippen MR) is 97.2 cm³/mol. The molecule has 2 aromatic heterocycles. The zero-order valence-electron chi connectivity index (χ0n) is 14.5. The molecule has 0 radical (unpaired) electrons. The number of benzene rings is 1. The number of carbonyl (C=O) groups excluding carboxylic acids is 1. The van der Waals surface area contributed by atoms with Crippen molar-refractivity contribution < 1.29 is 18.7 Å². The van der Waals surface area contributed by atoms with E-state index < -0.39 is 17.9 Å². The largest absolute Gasteiger partial charge is 0.390 e. The maximum Gasteiger partial charge on any atom is 0.231 e. The van der Waals surface area contributed by atoms with Crippen LogP contribution in [0.25, 0.3) is 21.9 Å². The van der Waals surface area contributed by atoms with Crippen molar-refractivity contribution in [3.05, 3.63) is 53.7 Å². The van der Waals surface area contributed by atoms with Gasteiger partial charge in [-0.25, -0.2) is 13.8 Å². The molecular weight excluding hydrogens is 352 g/mol. The molecule has 1 aliphatic carbocycles. The summed E-state index contributed by atoms with van der Waals surface area (Å²) in [5, 5.41) is 13.8. The average molecular weight is 369 g/mol. The van der Waals surface area contributed by atoms with Crippen molar-refractivity contribution in [2.75, 3.05) is 5.32 Å². The molecule has 138 valence electrons. The molecule has 0 spiro atoms. The van der Waals surface area contributed by atoms with Crippen LogP contribution in [0.1, 0.15) is 17.7 Å². The Balaban J connectivity index is 1.69. The molecule has 1 amide bonds. The van der Waals surface area contributed by atoms with Crippen LogP contribution < -0.4 is 5.32 Å². The summed E-state index contributed by atoms with van der Waals surface area (Å²) in [5.41, 5.74) is 2.08. The summed E-state index contributed by atoms with van der Waals surface area (Å²) < 4.78 is 26.9. The Morgan fingerprint density at radius 3 is 2.74 bits per heavy atom. The Hall–Kier alpha value is -2.93. The Labute approximate surface area is 154 Å². The first kappa shape index (κ1) is 17.5. The summed E-state index contributed by atoms with van der Waals surface area (Å²) >= 11 is 0.